The summed E-state index contributed by atoms with van der Waals surface area (Å²) in [6.07, 6.45) is 10.1. The zero-order valence-corrected chi connectivity index (χ0v) is 19.4. The molecule has 1 aromatic carbocycles. The Kier molecular flexibility index (Phi) is 15.3. The SMILES string of the molecule is CCCCCCCCCC1COc2ccccc2OCCOCCOCCOCCO1. The molecule has 0 N–H and O–H groups in total. The molecule has 1 heterocycles. The van der Waals surface area contributed by atoms with Gasteiger partial charge in [0.25, 0.3) is 0 Å². The molecule has 0 saturated carbocycles. The van der Waals surface area contributed by atoms with Crippen LogP contribution < -0.4 is 9.47 Å². The molecule has 1 aromatic rings. The number of rotatable bonds is 8. The molecule has 6 nitrogen and oxygen atoms in total. The molecule has 178 valence electrons. The van der Waals surface area contributed by atoms with Crippen LogP contribution in [0.25, 0.3) is 0 Å². The van der Waals surface area contributed by atoms with Crippen LogP contribution in [0.2, 0.25) is 0 Å². The predicted octanol–water partition coefficient (Wildman–Crippen LogP) is 5.03. The van der Waals surface area contributed by atoms with Crippen LogP contribution in [0.1, 0.15) is 58.3 Å². The maximum atomic E-state index is 6.10. The molecule has 0 amide bonds. The Labute approximate surface area is 188 Å². The van der Waals surface area contributed by atoms with E-state index in [-0.39, 0.29) is 6.10 Å². The van der Waals surface area contributed by atoms with Gasteiger partial charge in [-0.05, 0) is 18.6 Å². The second kappa shape index (κ2) is 18.3. The third-order valence-electron chi connectivity index (χ3n) is 5.21. The molecule has 31 heavy (non-hydrogen) atoms. The Hall–Kier alpha value is -1.34. The van der Waals surface area contributed by atoms with Gasteiger partial charge in [0.15, 0.2) is 11.5 Å². The normalized spacial score (nSPS) is 20.0. The maximum absolute atomic E-state index is 6.10. The van der Waals surface area contributed by atoms with Crippen molar-refractivity contribution in [3.8, 4) is 11.5 Å². The molecule has 2 rings (SSSR count). The molecule has 0 spiro atoms. The lowest BCUT2D eigenvalue weighted by Gasteiger charge is -2.20. The van der Waals surface area contributed by atoms with Crippen molar-refractivity contribution in [2.24, 2.45) is 0 Å². The fraction of sp³-hybridized carbons (Fsp3) is 0.760. The Bertz CT molecular complexity index is 538. The first kappa shape index (κ1) is 25.9. The summed E-state index contributed by atoms with van der Waals surface area (Å²) in [5, 5.41) is 0. The number of unbranched alkanes of at least 4 members (excludes halogenated alkanes) is 6. The minimum Gasteiger partial charge on any atom is -0.487 e. The minimum absolute atomic E-state index is 0.0470. The fourth-order valence-corrected chi connectivity index (χ4v) is 3.44. The van der Waals surface area contributed by atoms with E-state index in [9.17, 15) is 0 Å². The number of para-hydroxylation sites is 2. The average molecular weight is 439 g/mol. The van der Waals surface area contributed by atoms with Gasteiger partial charge >= 0.3 is 0 Å². The van der Waals surface area contributed by atoms with Crippen molar-refractivity contribution in [3.63, 3.8) is 0 Å². The lowest BCUT2D eigenvalue weighted by atomic mass is 10.1. The van der Waals surface area contributed by atoms with Gasteiger partial charge in [-0.3, -0.25) is 0 Å². The first-order valence-electron chi connectivity index (χ1n) is 12.1. The maximum Gasteiger partial charge on any atom is 0.161 e. The molecule has 1 aliphatic rings. The van der Waals surface area contributed by atoms with E-state index >= 15 is 0 Å². The first-order valence-corrected chi connectivity index (χ1v) is 12.1. The molecule has 1 aliphatic heterocycles. The van der Waals surface area contributed by atoms with Crippen LogP contribution in [0.4, 0.5) is 0 Å². The Morgan fingerprint density at radius 3 is 1.87 bits per heavy atom. The quantitative estimate of drug-likeness (QED) is 0.531. The zero-order valence-electron chi connectivity index (χ0n) is 19.4. The molecule has 6 heteroatoms. The van der Waals surface area contributed by atoms with Gasteiger partial charge in [0, 0.05) is 0 Å². The van der Waals surface area contributed by atoms with Gasteiger partial charge in [-0.1, -0.05) is 64.0 Å². The Morgan fingerprint density at radius 2 is 1.19 bits per heavy atom. The highest BCUT2D eigenvalue weighted by Crippen LogP contribution is 2.27. The van der Waals surface area contributed by atoms with E-state index in [1.165, 1.54) is 38.5 Å². The lowest BCUT2D eigenvalue weighted by Crippen LogP contribution is -2.24. The summed E-state index contributed by atoms with van der Waals surface area (Å²) in [5.74, 6) is 1.48. The molecule has 0 aromatic heterocycles. The van der Waals surface area contributed by atoms with Crippen molar-refractivity contribution in [2.45, 2.75) is 64.4 Å². The van der Waals surface area contributed by atoms with Gasteiger partial charge in [0.05, 0.1) is 52.4 Å². The highest BCUT2D eigenvalue weighted by Gasteiger charge is 2.13. The van der Waals surface area contributed by atoms with Crippen LogP contribution >= 0.6 is 0 Å². The van der Waals surface area contributed by atoms with Crippen molar-refractivity contribution >= 4 is 0 Å². The number of hydrogen-bond donors (Lipinski definition) is 0. The van der Waals surface area contributed by atoms with E-state index in [1.54, 1.807) is 0 Å². The van der Waals surface area contributed by atoms with Crippen molar-refractivity contribution < 1.29 is 28.4 Å². The van der Waals surface area contributed by atoms with Gasteiger partial charge < -0.3 is 28.4 Å². The van der Waals surface area contributed by atoms with Crippen LogP contribution in [0.3, 0.4) is 0 Å². The summed E-state index contributed by atoms with van der Waals surface area (Å²) in [6.45, 7) is 7.11. The largest absolute Gasteiger partial charge is 0.487 e. The smallest absolute Gasteiger partial charge is 0.161 e. The summed E-state index contributed by atoms with van der Waals surface area (Å²) in [6, 6.07) is 7.78. The molecule has 0 aliphatic carbocycles. The molecular formula is C25H42O6. The van der Waals surface area contributed by atoms with Crippen LogP contribution in [-0.4, -0.2) is 65.6 Å². The van der Waals surface area contributed by atoms with Crippen LogP contribution in [0.5, 0.6) is 11.5 Å². The first-order chi connectivity index (χ1) is 15.4. The van der Waals surface area contributed by atoms with Crippen molar-refractivity contribution in [2.75, 3.05) is 59.5 Å². The van der Waals surface area contributed by atoms with E-state index in [1.807, 2.05) is 24.3 Å². The van der Waals surface area contributed by atoms with Gasteiger partial charge in [0.1, 0.15) is 13.2 Å². The molecule has 1 atom stereocenters. The molecule has 0 bridgehead atoms. The third-order valence-corrected chi connectivity index (χ3v) is 5.21. The molecule has 1 unspecified atom stereocenters. The zero-order chi connectivity index (χ0) is 21.8. The van der Waals surface area contributed by atoms with Gasteiger partial charge in [-0.2, -0.15) is 0 Å². The van der Waals surface area contributed by atoms with Crippen molar-refractivity contribution in [1.29, 1.82) is 0 Å². The van der Waals surface area contributed by atoms with Crippen molar-refractivity contribution in [3.05, 3.63) is 24.3 Å². The van der Waals surface area contributed by atoms with Gasteiger partial charge in [-0.15, -0.1) is 0 Å². The second-order valence-electron chi connectivity index (χ2n) is 7.85. The predicted molar refractivity (Wildman–Crippen MR) is 122 cm³/mol. The third kappa shape index (κ3) is 13.0. The molecule has 0 fully saturated rings. The molecule has 0 radical (unpaired) electrons. The van der Waals surface area contributed by atoms with Gasteiger partial charge in [0.2, 0.25) is 0 Å². The summed E-state index contributed by atoms with van der Waals surface area (Å²) in [5.41, 5.74) is 0. The van der Waals surface area contributed by atoms with Crippen molar-refractivity contribution in [1.82, 2.24) is 0 Å². The summed E-state index contributed by atoms with van der Waals surface area (Å²) in [4.78, 5) is 0. The monoisotopic (exact) mass is 438 g/mol. The Balaban J connectivity index is 1.82. The van der Waals surface area contributed by atoms with Gasteiger partial charge in [-0.25, -0.2) is 0 Å². The number of hydrogen-bond acceptors (Lipinski definition) is 6. The van der Waals surface area contributed by atoms with Crippen LogP contribution in [-0.2, 0) is 18.9 Å². The fourth-order valence-electron chi connectivity index (χ4n) is 3.44. The Morgan fingerprint density at radius 1 is 0.645 bits per heavy atom. The molecular weight excluding hydrogens is 396 g/mol. The van der Waals surface area contributed by atoms with E-state index in [4.69, 9.17) is 28.4 Å². The van der Waals surface area contributed by atoms with Crippen LogP contribution in [0, 0.1) is 0 Å². The summed E-state index contributed by atoms with van der Waals surface area (Å²) in [7, 11) is 0. The highest BCUT2D eigenvalue weighted by atomic mass is 16.6. The minimum atomic E-state index is 0.0470. The second-order valence-corrected chi connectivity index (χ2v) is 7.85. The summed E-state index contributed by atoms with van der Waals surface area (Å²) < 4.78 is 34.7. The molecule has 0 saturated heterocycles. The van der Waals surface area contributed by atoms with E-state index < -0.39 is 0 Å². The highest BCUT2D eigenvalue weighted by molar-refractivity contribution is 5.39. The standard InChI is InChI=1S/C25H42O6/c1-2-3-4-5-6-7-8-11-23-22-31-25-13-10-9-12-24(25)30-21-19-28-17-15-26-14-16-27-18-20-29-23/h9-10,12-13,23H,2-8,11,14-22H2,1H3. The number of benzene rings is 1. The lowest BCUT2D eigenvalue weighted by molar-refractivity contribution is -0.0342. The van der Waals surface area contributed by atoms with E-state index in [0.717, 1.165) is 24.3 Å². The van der Waals surface area contributed by atoms with Crippen LogP contribution in [0.15, 0.2) is 24.3 Å². The number of fused-ring (bicyclic) bond motifs is 1. The number of ether oxygens (including phenoxy) is 6. The summed E-state index contributed by atoms with van der Waals surface area (Å²) >= 11 is 0. The van der Waals surface area contributed by atoms with E-state index in [2.05, 4.69) is 6.92 Å². The topological polar surface area (TPSA) is 55.4 Å². The van der Waals surface area contributed by atoms with E-state index in [0.29, 0.717) is 59.5 Å². The average Bonchev–Trinajstić information content (AvgIpc) is 2.79.